The first-order valence-corrected chi connectivity index (χ1v) is 8.70. The lowest BCUT2D eigenvalue weighted by molar-refractivity contribution is -0.151. The number of hydrogen-bond donors (Lipinski definition) is 1. The molecule has 0 radical (unpaired) electrons. The minimum Gasteiger partial charge on any atom is -0.465 e. The normalized spacial score (nSPS) is 24.3. The summed E-state index contributed by atoms with van der Waals surface area (Å²) in [6, 6.07) is -0.658. The van der Waals surface area contributed by atoms with Gasteiger partial charge in [-0.2, -0.15) is 0 Å². The third kappa shape index (κ3) is 4.64. The number of nitrogens with two attached hydrogens (primary N) is 1. The quantitative estimate of drug-likeness (QED) is 0.168. The van der Waals surface area contributed by atoms with Crippen LogP contribution in [0.5, 0.6) is 0 Å². The highest BCUT2D eigenvalue weighted by atomic mass is 16.5. The fraction of sp³-hybridized carbons (Fsp3) is 0.867. The summed E-state index contributed by atoms with van der Waals surface area (Å²) < 4.78 is 5.35. The zero-order chi connectivity index (χ0) is 18.2. The third-order valence-corrected chi connectivity index (χ3v) is 4.46. The Kier molecular flexibility index (Phi) is 8.08. The predicted octanol–water partition coefficient (Wildman–Crippen LogP) is 1.02. The van der Waals surface area contributed by atoms with E-state index in [1.807, 2.05) is 6.92 Å². The smallest absolute Gasteiger partial charge is 0.320 e. The Balaban J connectivity index is 3.07. The predicted molar refractivity (Wildman–Crippen MR) is 94.0 cm³/mol. The molecule has 1 aliphatic rings. The van der Waals surface area contributed by atoms with Crippen molar-refractivity contribution in [2.45, 2.75) is 57.4 Å². The Bertz CT molecular complexity index is 496. The van der Waals surface area contributed by atoms with Crippen LogP contribution in [0.15, 0.2) is 5.11 Å². The van der Waals surface area contributed by atoms with E-state index < -0.39 is 17.6 Å². The first kappa shape index (κ1) is 20.3. The largest absolute Gasteiger partial charge is 0.465 e. The van der Waals surface area contributed by atoms with Gasteiger partial charge in [-0.1, -0.05) is 31.2 Å². The Hall–Kier alpha value is -1.73. The van der Waals surface area contributed by atoms with Crippen molar-refractivity contribution >= 4 is 19.7 Å². The van der Waals surface area contributed by atoms with Crippen LogP contribution >= 0.6 is 0 Å². The Morgan fingerprint density at radius 2 is 2.25 bits per heavy atom. The fourth-order valence-electron chi connectivity index (χ4n) is 3.04. The van der Waals surface area contributed by atoms with E-state index in [-0.39, 0.29) is 18.4 Å². The summed E-state index contributed by atoms with van der Waals surface area (Å²) in [7, 11) is 2.05. The van der Waals surface area contributed by atoms with Crippen LogP contribution < -0.4 is 5.73 Å². The minimum absolute atomic E-state index is 0.0385. The number of rotatable bonds is 9. The van der Waals surface area contributed by atoms with E-state index in [2.05, 4.69) is 17.9 Å². The van der Waals surface area contributed by atoms with E-state index in [1.165, 1.54) is 4.90 Å². The average Bonchev–Trinajstić information content (AvgIpc) is 2.92. The molecular weight excluding hydrogens is 309 g/mol. The second-order valence-corrected chi connectivity index (χ2v) is 6.45. The molecule has 0 aromatic heterocycles. The number of hydrogen-bond acceptors (Lipinski definition) is 5. The number of unbranched alkanes of at least 4 members (excludes halogenated alkanes) is 1. The van der Waals surface area contributed by atoms with Gasteiger partial charge in [-0.25, -0.2) is 0 Å². The molecule has 8 nitrogen and oxygen atoms in total. The van der Waals surface area contributed by atoms with Crippen LogP contribution in [0.25, 0.3) is 10.4 Å². The van der Waals surface area contributed by atoms with Gasteiger partial charge in [0, 0.05) is 23.9 Å². The second kappa shape index (κ2) is 9.54. The lowest BCUT2D eigenvalue weighted by Gasteiger charge is -2.27. The molecule has 1 aliphatic heterocycles. The zero-order valence-electron chi connectivity index (χ0n) is 14.9. The van der Waals surface area contributed by atoms with E-state index in [0.29, 0.717) is 19.6 Å². The molecule has 2 N–H and O–H groups in total. The molecule has 0 aliphatic carbocycles. The Morgan fingerprint density at radius 1 is 1.54 bits per heavy atom. The van der Waals surface area contributed by atoms with Gasteiger partial charge in [-0.05, 0) is 25.3 Å². The van der Waals surface area contributed by atoms with Crippen molar-refractivity contribution in [1.82, 2.24) is 4.90 Å². The van der Waals surface area contributed by atoms with E-state index in [4.69, 9.17) is 16.0 Å². The number of carbonyl (C=O) groups is 2. The number of nitrogens with zero attached hydrogens (tertiary/aromatic N) is 4. The minimum atomic E-state index is -1.35. The number of ether oxygens (including phenoxy) is 1. The summed E-state index contributed by atoms with van der Waals surface area (Å²) >= 11 is 0. The molecule has 3 atom stereocenters. The molecule has 0 saturated carbocycles. The van der Waals surface area contributed by atoms with Crippen LogP contribution in [0.4, 0.5) is 0 Å². The maximum Gasteiger partial charge on any atom is 0.320 e. The number of esters is 1. The summed E-state index contributed by atoms with van der Waals surface area (Å²) in [5.41, 5.74) is 13.4. The summed E-state index contributed by atoms with van der Waals surface area (Å²) in [6.07, 6.45) is 4.18. The van der Waals surface area contributed by atoms with Crippen molar-refractivity contribution in [2.75, 3.05) is 19.7 Å². The standard InChI is InChI=1S/C15H28BN5O3/c1-3-4-8-24-14(23)15(19-20-18)10-21(13(22)11(2)17)9-12(15)6-5-7-16/h11-12H,3-10,16-17H2,1-2H3/t11-,12-,15-/m0/s1. The molecule has 134 valence electrons. The molecule has 1 amide bonds. The van der Waals surface area contributed by atoms with Crippen molar-refractivity contribution in [3.63, 3.8) is 0 Å². The maximum atomic E-state index is 12.7. The van der Waals surface area contributed by atoms with Gasteiger partial charge in [0.1, 0.15) is 7.85 Å². The highest BCUT2D eigenvalue weighted by Crippen LogP contribution is 2.37. The summed E-state index contributed by atoms with van der Waals surface area (Å²) in [5, 5.41) is 3.83. The van der Waals surface area contributed by atoms with E-state index >= 15 is 0 Å². The van der Waals surface area contributed by atoms with Crippen molar-refractivity contribution in [2.24, 2.45) is 16.8 Å². The molecule has 9 heteroatoms. The van der Waals surface area contributed by atoms with E-state index in [1.54, 1.807) is 6.92 Å². The van der Waals surface area contributed by atoms with Gasteiger partial charge in [-0.3, -0.25) is 9.59 Å². The summed E-state index contributed by atoms with van der Waals surface area (Å²) in [4.78, 5) is 29.4. The van der Waals surface area contributed by atoms with Crippen molar-refractivity contribution in [3.05, 3.63) is 10.4 Å². The first-order valence-electron chi connectivity index (χ1n) is 8.70. The molecule has 1 saturated heterocycles. The third-order valence-electron chi connectivity index (χ3n) is 4.46. The topological polar surface area (TPSA) is 121 Å². The second-order valence-electron chi connectivity index (χ2n) is 6.45. The zero-order valence-corrected chi connectivity index (χ0v) is 14.9. The SMILES string of the molecule is BCCC[C@H]1CN(C(=O)[C@H](C)N)C[C@@]1(N=[N+]=[N-])C(=O)OCCCC. The van der Waals surface area contributed by atoms with Gasteiger partial charge >= 0.3 is 5.97 Å². The van der Waals surface area contributed by atoms with Crippen LogP contribution in [-0.4, -0.2) is 55.9 Å². The van der Waals surface area contributed by atoms with Gasteiger partial charge in [0.05, 0.1) is 12.6 Å². The lowest BCUT2D eigenvalue weighted by atomic mass is 9.82. The first-order chi connectivity index (χ1) is 11.4. The Morgan fingerprint density at radius 3 is 2.79 bits per heavy atom. The molecule has 0 spiro atoms. The number of likely N-dealkylation sites (tertiary alicyclic amines) is 1. The molecule has 0 bridgehead atoms. The number of carbonyl (C=O) groups excluding carboxylic acids is 2. The van der Waals surface area contributed by atoms with E-state index in [9.17, 15) is 9.59 Å². The fourth-order valence-corrected chi connectivity index (χ4v) is 3.04. The summed E-state index contributed by atoms with van der Waals surface area (Å²) in [5.74, 6) is -1.02. The molecule has 0 aromatic carbocycles. The van der Waals surface area contributed by atoms with Gasteiger partial charge in [0.15, 0.2) is 5.54 Å². The van der Waals surface area contributed by atoms with Crippen molar-refractivity contribution in [3.8, 4) is 0 Å². The van der Waals surface area contributed by atoms with Crippen LogP contribution in [0.2, 0.25) is 6.32 Å². The van der Waals surface area contributed by atoms with Gasteiger partial charge in [0.25, 0.3) is 0 Å². The molecule has 1 rings (SSSR count). The lowest BCUT2D eigenvalue weighted by Crippen LogP contribution is -2.47. The van der Waals surface area contributed by atoms with E-state index in [0.717, 1.165) is 25.6 Å². The number of amides is 1. The van der Waals surface area contributed by atoms with Crippen LogP contribution in [0, 0.1) is 5.92 Å². The number of azide groups is 1. The molecule has 1 heterocycles. The molecular formula is C15H28BN5O3. The van der Waals surface area contributed by atoms with Gasteiger partial charge in [-0.15, -0.1) is 0 Å². The highest BCUT2D eigenvalue weighted by molar-refractivity contribution is 6.08. The maximum absolute atomic E-state index is 12.7. The van der Waals surface area contributed by atoms with Gasteiger partial charge in [0.2, 0.25) is 5.91 Å². The van der Waals surface area contributed by atoms with Crippen LogP contribution in [0.1, 0.15) is 39.5 Å². The molecule has 0 aromatic rings. The average molecular weight is 337 g/mol. The Labute approximate surface area is 144 Å². The van der Waals surface area contributed by atoms with Gasteiger partial charge < -0.3 is 15.4 Å². The summed E-state index contributed by atoms with van der Waals surface area (Å²) in [6.45, 7) is 4.30. The van der Waals surface area contributed by atoms with Crippen molar-refractivity contribution < 1.29 is 14.3 Å². The highest BCUT2D eigenvalue weighted by Gasteiger charge is 2.54. The molecule has 24 heavy (non-hydrogen) atoms. The van der Waals surface area contributed by atoms with Crippen molar-refractivity contribution in [1.29, 1.82) is 0 Å². The van der Waals surface area contributed by atoms with Crippen LogP contribution in [0.3, 0.4) is 0 Å². The van der Waals surface area contributed by atoms with Crippen LogP contribution in [-0.2, 0) is 14.3 Å². The monoisotopic (exact) mass is 337 g/mol. The molecule has 1 fully saturated rings. The molecule has 0 unspecified atom stereocenters.